The lowest BCUT2D eigenvalue weighted by molar-refractivity contribution is 0.262. The van der Waals surface area contributed by atoms with Gasteiger partial charge in [-0.1, -0.05) is 18.2 Å². The number of rotatable bonds is 3. The molecule has 0 aliphatic rings. The molecule has 0 amide bonds. The van der Waals surface area contributed by atoms with E-state index in [1.807, 2.05) is 6.07 Å². The van der Waals surface area contributed by atoms with E-state index >= 15 is 0 Å². The molecular weight excluding hydrogens is 142 g/mol. The van der Waals surface area contributed by atoms with Crippen LogP contribution in [0.25, 0.3) is 0 Å². The van der Waals surface area contributed by atoms with Crippen molar-refractivity contribution < 1.29 is 9.90 Å². The predicted molar refractivity (Wildman–Crippen MR) is 41.8 cm³/mol. The molecule has 2 N–H and O–H groups in total. The highest BCUT2D eigenvalue weighted by molar-refractivity contribution is 5.62. The Morgan fingerprint density at radius 2 is 2.00 bits per heavy atom. The van der Waals surface area contributed by atoms with Crippen LogP contribution in [0.4, 0.5) is 5.69 Å². The molecule has 57 valence electrons. The van der Waals surface area contributed by atoms with Crippen LogP contribution in [0.2, 0.25) is 0 Å². The van der Waals surface area contributed by atoms with E-state index in [1.54, 1.807) is 24.3 Å². The van der Waals surface area contributed by atoms with Crippen molar-refractivity contribution in [2.75, 3.05) is 5.32 Å². The van der Waals surface area contributed by atoms with E-state index in [2.05, 4.69) is 5.32 Å². The third kappa shape index (κ3) is 2.39. The third-order valence-corrected chi connectivity index (χ3v) is 1.19. The second kappa shape index (κ2) is 3.73. The van der Waals surface area contributed by atoms with Crippen LogP contribution in [0, 0.1) is 0 Å². The zero-order chi connectivity index (χ0) is 8.10. The molecule has 0 aliphatic carbocycles. The van der Waals surface area contributed by atoms with Gasteiger partial charge in [0.25, 0.3) is 6.29 Å². The van der Waals surface area contributed by atoms with Gasteiger partial charge in [-0.3, -0.25) is 4.79 Å². The predicted octanol–water partition coefficient (Wildman–Crippen LogP) is 0.527. The highest BCUT2D eigenvalue weighted by atomic mass is 16.3. The van der Waals surface area contributed by atoms with Crippen LogP contribution in [0.1, 0.15) is 0 Å². The van der Waals surface area contributed by atoms with Gasteiger partial charge in [-0.05, 0) is 12.1 Å². The smallest absolute Gasteiger partial charge is 0.252 e. The molecule has 3 heteroatoms. The number of nitrogens with one attached hydrogen (secondary N) is 1. The zero-order valence-electron chi connectivity index (χ0n) is 5.82. The maximum Gasteiger partial charge on any atom is 0.252 e. The van der Waals surface area contributed by atoms with Crippen molar-refractivity contribution in [3.05, 3.63) is 30.3 Å². The molecule has 0 saturated heterocycles. The summed E-state index contributed by atoms with van der Waals surface area (Å²) in [7, 11) is 0. The highest BCUT2D eigenvalue weighted by Crippen LogP contribution is 2.04. The molecule has 1 atom stereocenters. The van der Waals surface area contributed by atoms with Crippen molar-refractivity contribution in [2.45, 2.75) is 6.23 Å². The van der Waals surface area contributed by atoms with Crippen molar-refractivity contribution in [3.8, 4) is 0 Å². The average Bonchev–Trinajstić information content (AvgIpc) is 2.06. The van der Waals surface area contributed by atoms with Crippen molar-refractivity contribution >= 4 is 12.0 Å². The van der Waals surface area contributed by atoms with E-state index in [1.165, 1.54) is 6.29 Å². The summed E-state index contributed by atoms with van der Waals surface area (Å²) in [6.45, 7) is 0. The van der Waals surface area contributed by atoms with Gasteiger partial charge in [0.15, 0.2) is 6.23 Å². The molecule has 0 unspecified atom stereocenters. The van der Waals surface area contributed by atoms with Crippen molar-refractivity contribution in [2.24, 2.45) is 0 Å². The summed E-state index contributed by atoms with van der Waals surface area (Å²) in [4.78, 5) is 9.87. The van der Waals surface area contributed by atoms with E-state index in [0.29, 0.717) is 5.69 Å². The number of hydrogen-bond acceptors (Lipinski definition) is 3. The maximum absolute atomic E-state index is 9.87. The minimum Gasteiger partial charge on any atom is -0.367 e. The van der Waals surface area contributed by atoms with Crippen molar-refractivity contribution in [1.29, 1.82) is 0 Å². The molecule has 0 aliphatic heterocycles. The molecular formula is C8H8NO2. The molecule has 0 bridgehead atoms. The molecule has 0 heterocycles. The number of aliphatic hydroxyl groups is 1. The van der Waals surface area contributed by atoms with Crippen LogP contribution in [-0.4, -0.2) is 17.6 Å². The van der Waals surface area contributed by atoms with Gasteiger partial charge in [0.2, 0.25) is 0 Å². The Morgan fingerprint density at radius 3 is 2.55 bits per heavy atom. The molecule has 1 aromatic carbocycles. The average molecular weight is 150 g/mol. The Labute approximate surface area is 64.7 Å². The zero-order valence-corrected chi connectivity index (χ0v) is 5.82. The second-order valence-corrected chi connectivity index (χ2v) is 2.03. The van der Waals surface area contributed by atoms with Crippen LogP contribution >= 0.6 is 0 Å². The first-order valence-electron chi connectivity index (χ1n) is 3.20. The Hall–Kier alpha value is -1.35. The van der Waals surface area contributed by atoms with Gasteiger partial charge in [-0.15, -0.1) is 0 Å². The van der Waals surface area contributed by atoms with E-state index in [-0.39, 0.29) is 0 Å². The van der Waals surface area contributed by atoms with Gasteiger partial charge < -0.3 is 10.4 Å². The number of benzene rings is 1. The quantitative estimate of drug-likeness (QED) is 0.618. The van der Waals surface area contributed by atoms with Crippen LogP contribution in [0.5, 0.6) is 0 Å². The van der Waals surface area contributed by atoms with E-state index in [4.69, 9.17) is 5.11 Å². The van der Waals surface area contributed by atoms with Gasteiger partial charge in [-0.2, -0.15) is 0 Å². The highest BCUT2D eigenvalue weighted by Gasteiger charge is 1.99. The van der Waals surface area contributed by atoms with E-state index < -0.39 is 6.23 Å². The topological polar surface area (TPSA) is 49.3 Å². The molecule has 0 saturated carbocycles. The molecule has 1 rings (SSSR count). The second-order valence-electron chi connectivity index (χ2n) is 2.03. The first-order chi connectivity index (χ1) is 5.33. The Kier molecular flexibility index (Phi) is 2.63. The number of hydrogen-bond donors (Lipinski definition) is 2. The number of anilines is 1. The molecule has 11 heavy (non-hydrogen) atoms. The van der Waals surface area contributed by atoms with Crippen molar-refractivity contribution in [1.82, 2.24) is 0 Å². The molecule has 1 radical (unpaired) electrons. The summed E-state index contributed by atoms with van der Waals surface area (Å²) in [5.41, 5.74) is 0.698. The number of aliphatic hydroxyl groups excluding tert-OH is 1. The summed E-state index contributed by atoms with van der Waals surface area (Å²) in [6.07, 6.45) is 0.169. The van der Waals surface area contributed by atoms with Gasteiger partial charge in [0.1, 0.15) is 0 Å². The monoisotopic (exact) mass is 150 g/mol. The molecule has 0 fully saturated rings. The lowest BCUT2D eigenvalue weighted by Gasteiger charge is -2.05. The summed E-state index contributed by atoms with van der Waals surface area (Å²) in [6, 6.07) is 8.96. The van der Waals surface area contributed by atoms with Crippen LogP contribution in [-0.2, 0) is 4.79 Å². The summed E-state index contributed by atoms with van der Waals surface area (Å²) < 4.78 is 0. The summed E-state index contributed by atoms with van der Waals surface area (Å²) >= 11 is 0. The summed E-state index contributed by atoms with van der Waals surface area (Å²) in [5.74, 6) is 0. The first kappa shape index (κ1) is 7.75. The van der Waals surface area contributed by atoms with Crippen molar-refractivity contribution in [3.63, 3.8) is 0 Å². The maximum atomic E-state index is 9.87. The Morgan fingerprint density at radius 1 is 1.36 bits per heavy atom. The first-order valence-corrected chi connectivity index (χ1v) is 3.20. The fourth-order valence-corrected chi connectivity index (χ4v) is 0.722. The van der Waals surface area contributed by atoms with E-state index in [0.717, 1.165) is 0 Å². The fraction of sp³-hybridized carbons (Fsp3) is 0.125. The normalized spacial score (nSPS) is 12.1. The molecule has 0 aromatic heterocycles. The fourth-order valence-electron chi connectivity index (χ4n) is 0.722. The van der Waals surface area contributed by atoms with E-state index in [9.17, 15) is 4.79 Å². The van der Waals surface area contributed by atoms with Gasteiger partial charge in [-0.25, -0.2) is 0 Å². The summed E-state index contributed by atoms with van der Waals surface area (Å²) in [5, 5.41) is 11.3. The van der Waals surface area contributed by atoms with Crippen LogP contribution in [0.3, 0.4) is 0 Å². The number of para-hydroxylation sites is 1. The largest absolute Gasteiger partial charge is 0.367 e. The Balaban J connectivity index is 2.57. The van der Waals surface area contributed by atoms with Crippen LogP contribution < -0.4 is 5.32 Å². The minimum absolute atomic E-state index is 0.698. The third-order valence-electron chi connectivity index (χ3n) is 1.19. The molecule has 0 spiro atoms. The van der Waals surface area contributed by atoms with Gasteiger partial charge in [0.05, 0.1) is 0 Å². The minimum atomic E-state index is -1.24. The standard InChI is InChI=1S/C8H8NO2/c10-6-8(11)9-7-4-2-1-3-5-7/h1-5,8-9,11H/t8-/m0/s1. The number of carbonyl (C=O) groups excluding carboxylic acids is 1. The SMILES string of the molecule is O=[C][C@H](O)Nc1ccccc1. The van der Waals surface area contributed by atoms with Gasteiger partial charge in [0, 0.05) is 5.69 Å². The van der Waals surface area contributed by atoms with Gasteiger partial charge >= 0.3 is 0 Å². The Bertz CT molecular complexity index is 223. The molecule has 3 nitrogen and oxygen atoms in total. The lowest BCUT2D eigenvalue weighted by atomic mass is 10.3. The van der Waals surface area contributed by atoms with Crippen LogP contribution in [0.15, 0.2) is 30.3 Å². The lowest BCUT2D eigenvalue weighted by Crippen LogP contribution is -2.19. The molecule has 1 aromatic rings.